The Hall–Kier alpha value is -1.51. The van der Waals surface area contributed by atoms with Crippen LogP contribution in [0, 0.1) is 0 Å². The predicted octanol–water partition coefficient (Wildman–Crippen LogP) is 3.45. The molecule has 0 bridgehead atoms. The fourth-order valence-electron chi connectivity index (χ4n) is 2.42. The molecule has 0 N–H and O–H groups in total. The monoisotopic (exact) mass is 233 g/mol. The molecule has 92 valence electrons. The summed E-state index contributed by atoms with van der Waals surface area (Å²) in [6.45, 7) is 4.17. The summed E-state index contributed by atoms with van der Waals surface area (Å²) in [6.07, 6.45) is 3.09. The molecule has 0 spiro atoms. The maximum atomic E-state index is 12.1. The Labute approximate surface area is 102 Å². The van der Waals surface area contributed by atoms with Gasteiger partial charge in [-0.3, -0.25) is 0 Å². The van der Waals surface area contributed by atoms with E-state index < -0.39 is 0 Å². The van der Waals surface area contributed by atoms with Crippen molar-refractivity contribution in [3.05, 3.63) is 30.3 Å². The molecule has 1 saturated heterocycles. The lowest BCUT2D eigenvalue weighted by Crippen LogP contribution is -2.48. The van der Waals surface area contributed by atoms with Gasteiger partial charge in [-0.15, -0.1) is 0 Å². The van der Waals surface area contributed by atoms with Crippen LogP contribution in [0.2, 0.25) is 0 Å². The molecule has 2 atom stereocenters. The van der Waals surface area contributed by atoms with Gasteiger partial charge >= 0.3 is 6.09 Å². The van der Waals surface area contributed by atoms with E-state index >= 15 is 0 Å². The first kappa shape index (κ1) is 12.0. The second-order valence-electron chi connectivity index (χ2n) is 4.72. The lowest BCUT2D eigenvalue weighted by molar-refractivity contribution is 0.0894. The van der Waals surface area contributed by atoms with Crippen molar-refractivity contribution in [2.24, 2.45) is 0 Å². The third-order valence-corrected chi connectivity index (χ3v) is 3.35. The molecule has 0 saturated carbocycles. The standard InChI is InChI=1S/C14H19NO2/c1-11-7-6-8-12(2)15(11)14(16)17-13-9-4-3-5-10-13/h3-5,9-12H,6-8H2,1-2H3/t11-,12-/m1/s1. The van der Waals surface area contributed by atoms with Gasteiger partial charge in [-0.05, 0) is 45.2 Å². The molecular weight excluding hydrogens is 214 g/mol. The third kappa shape index (κ3) is 2.78. The van der Waals surface area contributed by atoms with Gasteiger partial charge in [0.2, 0.25) is 0 Å². The molecule has 1 aliphatic rings. The van der Waals surface area contributed by atoms with Gasteiger partial charge < -0.3 is 9.64 Å². The van der Waals surface area contributed by atoms with E-state index in [0.717, 1.165) is 12.8 Å². The molecule has 0 unspecified atom stereocenters. The van der Waals surface area contributed by atoms with E-state index in [0.29, 0.717) is 5.75 Å². The van der Waals surface area contributed by atoms with E-state index in [1.165, 1.54) is 6.42 Å². The van der Waals surface area contributed by atoms with Crippen LogP contribution in [0.5, 0.6) is 5.75 Å². The largest absolute Gasteiger partial charge is 0.415 e. The SMILES string of the molecule is C[C@@H]1CCC[C@@H](C)N1C(=O)Oc1ccccc1. The third-order valence-electron chi connectivity index (χ3n) is 3.35. The zero-order valence-corrected chi connectivity index (χ0v) is 10.4. The number of hydrogen-bond donors (Lipinski definition) is 0. The van der Waals surface area contributed by atoms with Crippen molar-refractivity contribution in [2.45, 2.75) is 45.2 Å². The summed E-state index contributed by atoms with van der Waals surface area (Å²) in [4.78, 5) is 13.9. The van der Waals surface area contributed by atoms with Gasteiger partial charge in [-0.1, -0.05) is 18.2 Å². The first-order chi connectivity index (χ1) is 8.18. The van der Waals surface area contributed by atoms with Crippen molar-refractivity contribution < 1.29 is 9.53 Å². The molecule has 1 heterocycles. The van der Waals surface area contributed by atoms with Gasteiger partial charge in [-0.2, -0.15) is 0 Å². The van der Waals surface area contributed by atoms with Crippen LogP contribution in [0.25, 0.3) is 0 Å². The van der Waals surface area contributed by atoms with Crippen molar-refractivity contribution in [1.29, 1.82) is 0 Å². The molecule has 1 aromatic rings. The van der Waals surface area contributed by atoms with Crippen LogP contribution in [0.4, 0.5) is 4.79 Å². The van der Waals surface area contributed by atoms with Gasteiger partial charge in [-0.25, -0.2) is 4.79 Å². The number of hydrogen-bond acceptors (Lipinski definition) is 2. The molecule has 1 aliphatic heterocycles. The van der Waals surface area contributed by atoms with Crippen LogP contribution >= 0.6 is 0 Å². The maximum Gasteiger partial charge on any atom is 0.415 e. The minimum absolute atomic E-state index is 0.226. The highest BCUT2D eigenvalue weighted by molar-refractivity contribution is 5.71. The van der Waals surface area contributed by atoms with Gasteiger partial charge in [0.15, 0.2) is 0 Å². The molecule has 1 aromatic carbocycles. The first-order valence-corrected chi connectivity index (χ1v) is 6.23. The molecule has 0 radical (unpaired) electrons. The highest BCUT2D eigenvalue weighted by Crippen LogP contribution is 2.24. The fraction of sp³-hybridized carbons (Fsp3) is 0.500. The zero-order chi connectivity index (χ0) is 12.3. The number of benzene rings is 1. The Morgan fingerprint density at radius 1 is 1.18 bits per heavy atom. The summed E-state index contributed by atoms with van der Waals surface area (Å²) in [7, 11) is 0. The van der Waals surface area contributed by atoms with Crippen LogP contribution in [0.15, 0.2) is 30.3 Å². The zero-order valence-electron chi connectivity index (χ0n) is 10.4. The Kier molecular flexibility index (Phi) is 3.67. The Bertz CT molecular complexity index is 367. The summed E-state index contributed by atoms with van der Waals surface area (Å²) in [6, 6.07) is 9.79. The number of rotatable bonds is 1. The summed E-state index contributed by atoms with van der Waals surface area (Å²) < 4.78 is 5.38. The van der Waals surface area contributed by atoms with Crippen LogP contribution in [-0.4, -0.2) is 23.1 Å². The quantitative estimate of drug-likeness (QED) is 0.743. The Morgan fingerprint density at radius 3 is 2.35 bits per heavy atom. The van der Waals surface area contributed by atoms with Crippen molar-refractivity contribution in [2.75, 3.05) is 0 Å². The van der Waals surface area contributed by atoms with E-state index in [4.69, 9.17) is 4.74 Å². The topological polar surface area (TPSA) is 29.5 Å². The highest BCUT2D eigenvalue weighted by atomic mass is 16.6. The summed E-state index contributed by atoms with van der Waals surface area (Å²) in [5.41, 5.74) is 0. The van der Waals surface area contributed by atoms with E-state index in [9.17, 15) is 4.79 Å². The number of carbonyl (C=O) groups excluding carboxylic acids is 1. The van der Waals surface area contributed by atoms with Gasteiger partial charge in [0, 0.05) is 12.1 Å². The average molecular weight is 233 g/mol. The van der Waals surface area contributed by atoms with Crippen molar-refractivity contribution in [1.82, 2.24) is 4.90 Å². The lowest BCUT2D eigenvalue weighted by Gasteiger charge is -2.37. The molecule has 0 aliphatic carbocycles. The number of ether oxygens (including phenoxy) is 1. The second-order valence-corrected chi connectivity index (χ2v) is 4.72. The van der Waals surface area contributed by atoms with E-state index in [-0.39, 0.29) is 18.2 Å². The smallest absolute Gasteiger partial charge is 0.410 e. The van der Waals surface area contributed by atoms with Gasteiger partial charge in [0.1, 0.15) is 5.75 Å². The number of nitrogens with zero attached hydrogens (tertiary/aromatic N) is 1. The summed E-state index contributed by atoms with van der Waals surface area (Å²) in [5.74, 6) is 0.613. The molecule has 1 amide bonds. The number of carbonyl (C=O) groups is 1. The Balaban J connectivity index is 2.04. The number of piperidine rings is 1. The molecule has 1 fully saturated rings. The molecular formula is C14H19NO2. The van der Waals surface area contributed by atoms with Crippen molar-refractivity contribution in [3.63, 3.8) is 0 Å². The lowest BCUT2D eigenvalue weighted by atomic mass is 9.98. The average Bonchev–Trinajstić information content (AvgIpc) is 2.30. The van der Waals surface area contributed by atoms with Crippen LogP contribution < -0.4 is 4.74 Å². The normalized spacial score (nSPS) is 24.5. The molecule has 0 aromatic heterocycles. The Morgan fingerprint density at radius 2 is 1.76 bits per heavy atom. The predicted molar refractivity (Wildman–Crippen MR) is 67.1 cm³/mol. The minimum atomic E-state index is -0.226. The van der Waals surface area contributed by atoms with Crippen LogP contribution in [0.1, 0.15) is 33.1 Å². The molecule has 3 heteroatoms. The summed E-state index contributed by atoms with van der Waals surface area (Å²) in [5, 5.41) is 0. The maximum absolute atomic E-state index is 12.1. The second kappa shape index (κ2) is 5.21. The fourth-order valence-corrected chi connectivity index (χ4v) is 2.42. The van der Waals surface area contributed by atoms with Crippen LogP contribution in [-0.2, 0) is 0 Å². The van der Waals surface area contributed by atoms with E-state index in [2.05, 4.69) is 13.8 Å². The molecule has 3 nitrogen and oxygen atoms in total. The van der Waals surface area contributed by atoms with E-state index in [1.807, 2.05) is 23.1 Å². The number of para-hydroxylation sites is 1. The highest BCUT2D eigenvalue weighted by Gasteiger charge is 2.30. The van der Waals surface area contributed by atoms with Crippen molar-refractivity contribution in [3.8, 4) is 5.75 Å². The number of likely N-dealkylation sites (tertiary alicyclic amines) is 1. The van der Waals surface area contributed by atoms with Gasteiger partial charge in [0.05, 0.1) is 0 Å². The van der Waals surface area contributed by atoms with Crippen LogP contribution in [0.3, 0.4) is 0 Å². The van der Waals surface area contributed by atoms with E-state index in [1.54, 1.807) is 12.1 Å². The summed E-state index contributed by atoms with van der Waals surface area (Å²) >= 11 is 0. The minimum Gasteiger partial charge on any atom is -0.410 e. The van der Waals surface area contributed by atoms with Crippen molar-refractivity contribution >= 4 is 6.09 Å². The molecule has 2 rings (SSSR count). The number of amides is 1. The van der Waals surface area contributed by atoms with Gasteiger partial charge in [0.25, 0.3) is 0 Å². The molecule has 17 heavy (non-hydrogen) atoms. The first-order valence-electron chi connectivity index (χ1n) is 6.23.